The molecule has 0 radical (unpaired) electrons. The van der Waals surface area contributed by atoms with Gasteiger partial charge in [0.25, 0.3) is 0 Å². The van der Waals surface area contributed by atoms with Crippen LogP contribution in [0.2, 0.25) is 0 Å². The number of carbonyl (C=O) groups excluding carboxylic acids is 1. The van der Waals surface area contributed by atoms with Gasteiger partial charge in [-0.15, -0.1) is 0 Å². The van der Waals surface area contributed by atoms with Crippen LogP contribution in [0.3, 0.4) is 0 Å². The Bertz CT molecular complexity index is 230. The number of aryl methyl sites for hydroxylation is 1. The molecule has 0 fully saturated rings. The van der Waals surface area contributed by atoms with Gasteiger partial charge in [0.05, 0.1) is 6.20 Å². The average Bonchev–Trinajstić information content (AvgIpc) is 2.53. The summed E-state index contributed by atoms with van der Waals surface area (Å²) in [6.07, 6.45) is 4.31. The second kappa shape index (κ2) is 4.66. The number of hydrogen-bond donors (Lipinski definition) is 0. The first-order chi connectivity index (χ1) is 5.83. The Kier molecular flexibility index (Phi) is 3.47. The highest BCUT2D eigenvalue weighted by Crippen LogP contribution is 2.01. The van der Waals surface area contributed by atoms with E-state index in [0.717, 1.165) is 5.56 Å². The molecule has 0 saturated heterocycles. The van der Waals surface area contributed by atoms with Crippen molar-refractivity contribution >= 4 is 5.78 Å². The van der Waals surface area contributed by atoms with Crippen LogP contribution in [-0.2, 0) is 16.0 Å². The molecule has 4 heteroatoms. The summed E-state index contributed by atoms with van der Waals surface area (Å²) < 4.78 is 9.30. The molecular weight excluding hydrogens is 158 g/mol. The summed E-state index contributed by atoms with van der Waals surface area (Å²) >= 11 is 0. The predicted molar refractivity (Wildman–Crippen MR) is 41.7 cm³/mol. The number of ketones is 1. The van der Waals surface area contributed by atoms with Crippen LogP contribution in [0.5, 0.6) is 0 Å². The zero-order chi connectivity index (χ0) is 8.81. The maximum absolute atomic E-state index is 11.0. The first-order valence-electron chi connectivity index (χ1n) is 3.72. The first-order valence-corrected chi connectivity index (χ1v) is 3.72. The Morgan fingerprint density at radius 2 is 2.58 bits per heavy atom. The fourth-order valence-corrected chi connectivity index (χ4v) is 0.867. The zero-order valence-electron chi connectivity index (χ0n) is 6.95. The Labute approximate surface area is 70.5 Å². The van der Waals surface area contributed by atoms with Crippen LogP contribution in [0, 0.1) is 0 Å². The van der Waals surface area contributed by atoms with Gasteiger partial charge < -0.3 is 9.26 Å². The molecule has 0 N–H and O–H groups in total. The summed E-state index contributed by atoms with van der Waals surface area (Å²) in [5.41, 5.74) is 0.944. The topological polar surface area (TPSA) is 52.3 Å². The molecule has 0 aliphatic carbocycles. The third-order valence-corrected chi connectivity index (χ3v) is 1.48. The van der Waals surface area contributed by atoms with Crippen LogP contribution in [-0.4, -0.2) is 24.7 Å². The standard InChI is InChI=1S/C8H11NO3/c1-11-6-8(10)3-2-7-4-9-12-5-7/h4-5H,2-3,6H2,1H3. The van der Waals surface area contributed by atoms with Crippen LogP contribution in [0.1, 0.15) is 12.0 Å². The molecule has 0 atom stereocenters. The third kappa shape index (κ3) is 2.84. The van der Waals surface area contributed by atoms with Crippen molar-refractivity contribution in [3.63, 3.8) is 0 Å². The normalized spacial score (nSPS) is 10.1. The van der Waals surface area contributed by atoms with E-state index in [0.29, 0.717) is 12.8 Å². The molecule has 0 amide bonds. The summed E-state index contributed by atoms with van der Waals surface area (Å²) in [6, 6.07) is 0. The summed E-state index contributed by atoms with van der Waals surface area (Å²) in [5.74, 6) is 0.0960. The van der Waals surface area contributed by atoms with E-state index in [2.05, 4.69) is 14.4 Å². The fourth-order valence-electron chi connectivity index (χ4n) is 0.867. The Morgan fingerprint density at radius 1 is 1.75 bits per heavy atom. The van der Waals surface area contributed by atoms with Gasteiger partial charge in [0.1, 0.15) is 12.9 Å². The second-order valence-corrected chi connectivity index (χ2v) is 2.50. The first kappa shape index (κ1) is 8.93. The summed E-state index contributed by atoms with van der Waals surface area (Å²) in [4.78, 5) is 11.0. The predicted octanol–water partition coefficient (Wildman–Crippen LogP) is 0.823. The van der Waals surface area contributed by atoms with Gasteiger partial charge in [0.2, 0.25) is 0 Å². The molecule has 4 nitrogen and oxygen atoms in total. The number of methoxy groups -OCH3 is 1. The molecule has 0 bridgehead atoms. The Balaban J connectivity index is 2.22. The van der Waals surface area contributed by atoms with Crippen molar-refractivity contribution in [1.29, 1.82) is 0 Å². The van der Waals surface area contributed by atoms with Crippen molar-refractivity contribution in [3.8, 4) is 0 Å². The lowest BCUT2D eigenvalue weighted by Crippen LogP contribution is -2.07. The monoisotopic (exact) mass is 169 g/mol. The van der Waals surface area contributed by atoms with Crippen LogP contribution >= 0.6 is 0 Å². The highest BCUT2D eigenvalue weighted by Gasteiger charge is 2.02. The van der Waals surface area contributed by atoms with Gasteiger partial charge >= 0.3 is 0 Å². The Hall–Kier alpha value is -1.16. The molecular formula is C8H11NO3. The van der Waals surface area contributed by atoms with E-state index < -0.39 is 0 Å². The molecule has 0 aliphatic rings. The van der Waals surface area contributed by atoms with E-state index in [4.69, 9.17) is 0 Å². The molecule has 1 heterocycles. The van der Waals surface area contributed by atoms with Gasteiger partial charge in [0.15, 0.2) is 5.78 Å². The Morgan fingerprint density at radius 3 is 3.17 bits per heavy atom. The molecule has 0 spiro atoms. The maximum Gasteiger partial charge on any atom is 0.158 e. The number of Topliss-reactive ketones (excluding diaryl/α,β-unsaturated/α-hetero) is 1. The van der Waals surface area contributed by atoms with Gasteiger partial charge in [-0.1, -0.05) is 5.16 Å². The van der Waals surface area contributed by atoms with Crippen LogP contribution in [0.4, 0.5) is 0 Å². The molecule has 12 heavy (non-hydrogen) atoms. The quantitative estimate of drug-likeness (QED) is 0.654. The van der Waals surface area contributed by atoms with Gasteiger partial charge in [-0.3, -0.25) is 4.79 Å². The van der Waals surface area contributed by atoms with Crippen LogP contribution in [0.25, 0.3) is 0 Å². The van der Waals surface area contributed by atoms with Gasteiger partial charge in [0, 0.05) is 19.1 Å². The van der Waals surface area contributed by atoms with Crippen molar-refractivity contribution in [2.75, 3.05) is 13.7 Å². The molecule has 1 aromatic heterocycles. The summed E-state index contributed by atoms with van der Waals surface area (Å²) in [5, 5.41) is 3.53. The summed E-state index contributed by atoms with van der Waals surface area (Å²) in [6.45, 7) is 0.186. The zero-order valence-corrected chi connectivity index (χ0v) is 6.95. The van der Waals surface area contributed by atoms with Crippen molar-refractivity contribution in [1.82, 2.24) is 5.16 Å². The fraction of sp³-hybridized carbons (Fsp3) is 0.500. The smallest absolute Gasteiger partial charge is 0.158 e. The van der Waals surface area contributed by atoms with E-state index in [-0.39, 0.29) is 12.4 Å². The lowest BCUT2D eigenvalue weighted by molar-refractivity contribution is -0.122. The highest BCUT2D eigenvalue weighted by atomic mass is 16.5. The summed E-state index contributed by atoms with van der Waals surface area (Å²) in [7, 11) is 1.51. The average molecular weight is 169 g/mol. The van der Waals surface area contributed by atoms with Gasteiger partial charge in [-0.25, -0.2) is 0 Å². The minimum absolute atomic E-state index is 0.0960. The van der Waals surface area contributed by atoms with Crippen molar-refractivity contribution in [2.45, 2.75) is 12.8 Å². The van der Waals surface area contributed by atoms with Crippen LogP contribution < -0.4 is 0 Å². The molecule has 66 valence electrons. The van der Waals surface area contributed by atoms with Crippen molar-refractivity contribution in [2.24, 2.45) is 0 Å². The number of nitrogens with zero attached hydrogens (tertiary/aromatic N) is 1. The van der Waals surface area contributed by atoms with Crippen LogP contribution in [0.15, 0.2) is 17.0 Å². The molecule has 0 unspecified atom stereocenters. The largest absolute Gasteiger partial charge is 0.377 e. The number of ether oxygens (including phenoxy) is 1. The lowest BCUT2D eigenvalue weighted by atomic mass is 10.1. The molecule has 0 aliphatic heterocycles. The van der Waals surface area contributed by atoms with Gasteiger partial charge in [-0.2, -0.15) is 0 Å². The second-order valence-electron chi connectivity index (χ2n) is 2.50. The highest BCUT2D eigenvalue weighted by molar-refractivity contribution is 5.79. The SMILES string of the molecule is COCC(=O)CCc1cnoc1. The number of carbonyl (C=O) groups is 1. The van der Waals surface area contributed by atoms with E-state index in [9.17, 15) is 4.79 Å². The number of aromatic nitrogens is 1. The minimum atomic E-state index is 0.0960. The maximum atomic E-state index is 11.0. The molecule has 1 aromatic rings. The van der Waals surface area contributed by atoms with Crippen molar-refractivity contribution in [3.05, 3.63) is 18.0 Å². The van der Waals surface area contributed by atoms with Crippen molar-refractivity contribution < 1.29 is 14.1 Å². The lowest BCUT2D eigenvalue weighted by Gasteiger charge is -1.95. The third-order valence-electron chi connectivity index (χ3n) is 1.48. The molecule has 0 aromatic carbocycles. The van der Waals surface area contributed by atoms with E-state index >= 15 is 0 Å². The number of rotatable bonds is 5. The number of hydrogen-bond acceptors (Lipinski definition) is 4. The van der Waals surface area contributed by atoms with E-state index in [1.54, 1.807) is 12.5 Å². The minimum Gasteiger partial charge on any atom is -0.377 e. The van der Waals surface area contributed by atoms with E-state index in [1.165, 1.54) is 7.11 Å². The van der Waals surface area contributed by atoms with E-state index in [1.807, 2.05) is 0 Å². The molecule has 1 rings (SSSR count). The van der Waals surface area contributed by atoms with Gasteiger partial charge in [-0.05, 0) is 6.42 Å². The molecule has 0 saturated carbocycles.